The van der Waals surface area contributed by atoms with Crippen LogP contribution in [0.3, 0.4) is 0 Å². The van der Waals surface area contributed by atoms with Crippen LogP contribution in [0.1, 0.15) is 48.9 Å². The fourth-order valence-corrected chi connectivity index (χ4v) is 5.31. The first-order valence-electron chi connectivity index (χ1n) is 9.79. The Balaban J connectivity index is 1.57. The number of nitrogens with one attached hydrogen (secondary N) is 2. The molecule has 0 spiro atoms. The lowest BCUT2D eigenvalue weighted by Crippen LogP contribution is -3.10. The molecule has 2 fully saturated rings. The van der Waals surface area contributed by atoms with Crippen molar-refractivity contribution in [3.05, 3.63) is 29.8 Å². The molecule has 6 nitrogen and oxygen atoms in total. The second kappa shape index (κ2) is 8.97. The van der Waals surface area contributed by atoms with Crippen molar-refractivity contribution in [2.45, 2.75) is 43.4 Å². The Labute approximate surface area is 156 Å². The molecule has 0 radical (unpaired) electrons. The number of sulfonamides is 1. The van der Waals surface area contributed by atoms with Gasteiger partial charge in [-0.2, -0.15) is 4.31 Å². The van der Waals surface area contributed by atoms with E-state index < -0.39 is 10.0 Å². The van der Waals surface area contributed by atoms with Crippen LogP contribution in [0.4, 0.5) is 0 Å². The first-order valence-corrected chi connectivity index (χ1v) is 11.2. The lowest BCUT2D eigenvalue weighted by atomic mass is 10.2. The normalized spacial score (nSPS) is 20.0. The van der Waals surface area contributed by atoms with Crippen LogP contribution in [-0.2, 0) is 10.0 Å². The van der Waals surface area contributed by atoms with Gasteiger partial charge in [-0.1, -0.05) is 12.8 Å². The quantitative estimate of drug-likeness (QED) is 0.762. The molecule has 0 atom stereocenters. The highest BCUT2D eigenvalue weighted by molar-refractivity contribution is 7.89. The predicted molar refractivity (Wildman–Crippen MR) is 101 cm³/mol. The van der Waals surface area contributed by atoms with E-state index in [1.165, 1.54) is 25.9 Å². The van der Waals surface area contributed by atoms with E-state index >= 15 is 0 Å². The van der Waals surface area contributed by atoms with E-state index in [-0.39, 0.29) is 10.8 Å². The summed E-state index contributed by atoms with van der Waals surface area (Å²) in [6, 6.07) is 6.34. The van der Waals surface area contributed by atoms with Crippen molar-refractivity contribution >= 4 is 15.9 Å². The number of amides is 1. The van der Waals surface area contributed by atoms with E-state index in [9.17, 15) is 13.2 Å². The Hall–Kier alpha value is -1.44. The molecule has 1 aromatic carbocycles. The number of nitrogens with zero attached hydrogens (tertiary/aromatic N) is 1. The minimum Gasteiger partial charge on any atom is -0.346 e. The van der Waals surface area contributed by atoms with Crippen LogP contribution >= 0.6 is 0 Å². The summed E-state index contributed by atoms with van der Waals surface area (Å²) in [6.07, 6.45) is 6.55. The Morgan fingerprint density at radius 3 is 2.19 bits per heavy atom. The molecule has 26 heavy (non-hydrogen) atoms. The van der Waals surface area contributed by atoms with E-state index in [2.05, 4.69) is 5.32 Å². The van der Waals surface area contributed by atoms with Crippen molar-refractivity contribution in [2.75, 3.05) is 39.3 Å². The number of likely N-dealkylation sites (tertiary alicyclic amines) is 1. The van der Waals surface area contributed by atoms with Crippen molar-refractivity contribution < 1.29 is 18.1 Å². The molecule has 144 valence electrons. The van der Waals surface area contributed by atoms with Gasteiger partial charge in [0.05, 0.1) is 31.1 Å². The van der Waals surface area contributed by atoms with Crippen molar-refractivity contribution in [1.82, 2.24) is 9.62 Å². The lowest BCUT2D eigenvalue weighted by Gasteiger charge is -2.20. The van der Waals surface area contributed by atoms with Gasteiger partial charge in [0.1, 0.15) is 0 Å². The Morgan fingerprint density at radius 1 is 0.962 bits per heavy atom. The van der Waals surface area contributed by atoms with E-state index in [0.29, 0.717) is 25.2 Å². The minimum absolute atomic E-state index is 0.137. The summed E-state index contributed by atoms with van der Waals surface area (Å²) >= 11 is 0. The van der Waals surface area contributed by atoms with Gasteiger partial charge in [0.25, 0.3) is 5.91 Å². The Bertz CT molecular complexity index is 689. The van der Waals surface area contributed by atoms with Crippen LogP contribution in [0, 0.1) is 0 Å². The third-order valence-electron chi connectivity index (χ3n) is 5.39. The molecule has 0 saturated carbocycles. The van der Waals surface area contributed by atoms with Gasteiger partial charge in [0.15, 0.2) is 0 Å². The fraction of sp³-hybridized carbons (Fsp3) is 0.632. The number of quaternary nitrogens is 1. The van der Waals surface area contributed by atoms with Gasteiger partial charge < -0.3 is 10.2 Å². The molecule has 2 saturated heterocycles. The number of carbonyl (C=O) groups excluding carboxylic acids is 1. The van der Waals surface area contributed by atoms with Gasteiger partial charge in [0, 0.05) is 31.5 Å². The third kappa shape index (κ3) is 4.84. The zero-order valence-electron chi connectivity index (χ0n) is 15.4. The van der Waals surface area contributed by atoms with Crippen LogP contribution in [-0.4, -0.2) is 57.9 Å². The number of benzene rings is 1. The lowest BCUT2D eigenvalue weighted by molar-refractivity contribution is -0.886. The van der Waals surface area contributed by atoms with E-state index in [1.54, 1.807) is 33.5 Å². The molecule has 2 aliphatic heterocycles. The highest BCUT2D eigenvalue weighted by Gasteiger charge is 2.25. The number of hydrogen-bond acceptors (Lipinski definition) is 3. The van der Waals surface area contributed by atoms with Crippen LogP contribution in [0.5, 0.6) is 0 Å². The molecular formula is C19H30N3O3S+. The number of carbonyl (C=O) groups is 1. The van der Waals surface area contributed by atoms with Crippen LogP contribution in [0.2, 0.25) is 0 Å². The number of rotatable bonds is 6. The van der Waals surface area contributed by atoms with Crippen molar-refractivity contribution in [3.8, 4) is 0 Å². The van der Waals surface area contributed by atoms with Gasteiger partial charge in [-0.05, 0) is 37.1 Å². The Kier molecular flexibility index (Phi) is 6.67. The standard InChI is InChI=1S/C19H29N3O3S/c23-19(20-11-16-21-12-5-6-13-21)17-7-9-18(10-8-17)26(24,25)22-14-3-1-2-4-15-22/h7-10H,1-6,11-16H2,(H,20,23)/p+1. The summed E-state index contributed by atoms with van der Waals surface area (Å²) in [7, 11) is -3.46. The molecule has 0 unspecified atom stereocenters. The van der Waals surface area contributed by atoms with Gasteiger partial charge >= 0.3 is 0 Å². The van der Waals surface area contributed by atoms with E-state index in [4.69, 9.17) is 0 Å². The highest BCUT2D eigenvalue weighted by Crippen LogP contribution is 2.20. The summed E-state index contributed by atoms with van der Waals surface area (Å²) in [5.41, 5.74) is 0.510. The Morgan fingerprint density at radius 2 is 1.58 bits per heavy atom. The molecule has 0 aromatic heterocycles. The summed E-state index contributed by atoms with van der Waals surface area (Å²) in [6.45, 7) is 5.17. The molecular weight excluding hydrogens is 350 g/mol. The van der Waals surface area contributed by atoms with E-state index in [0.717, 1.165) is 32.2 Å². The maximum absolute atomic E-state index is 12.8. The predicted octanol–water partition coefficient (Wildman–Crippen LogP) is 0.660. The zero-order valence-corrected chi connectivity index (χ0v) is 16.2. The summed E-state index contributed by atoms with van der Waals surface area (Å²) in [4.78, 5) is 14.1. The monoisotopic (exact) mass is 380 g/mol. The van der Waals surface area contributed by atoms with Gasteiger partial charge in [-0.15, -0.1) is 0 Å². The van der Waals surface area contributed by atoms with E-state index in [1.807, 2.05) is 0 Å². The number of hydrogen-bond donors (Lipinski definition) is 2. The van der Waals surface area contributed by atoms with Gasteiger partial charge in [0.2, 0.25) is 10.0 Å². The molecule has 0 bridgehead atoms. The first-order chi connectivity index (χ1) is 12.6. The second-order valence-electron chi connectivity index (χ2n) is 7.31. The van der Waals surface area contributed by atoms with Gasteiger partial charge in [-0.3, -0.25) is 4.79 Å². The minimum atomic E-state index is -3.46. The highest BCUT2D eigenvalue weighted by atomic mass is 32.2. The summed E-state index contributed by atoms with van der Waals surface area (Å²) in [5.74, 6) is -0.137. The summed E-state index contributed by atoms with van der Waals surface area (Å²) in [5, 5.41) is 2.94. The molecule has 2 aliphatic rings. The average Bonchev–Trinajstić information content (AvgIpc) is 3.00. The smallest absolute Gasteiger partial charge is 0.251 e. The largest absolute Gasteiger partial charge is 0.346 e. The first kappa shape index (κ1) is 19.3. The SMILES string of the molecule is O=C(NCC[NH+]1CCCC1)c1ccc(S(=O)(=O)N2CCCCCC2)cc1. The second-order valence-corrected chi connectivity index (χ2v) is 9.24. The maximum atomic E-state index is 12.8. The summed E-state index contributed by atoms with van der Waals surface area (Å²) < 4.78 is 27.1. The van der Waals surface area contributed by atoms with Crippen molar-refractivity contribution in [2.24, 2.45) is 0 Å². The molecule has 2 N–H and O–H groups in total. The van der Waals surface area contributed by atoms with Crippen LogP contribution in [0.25, 0.3) is 0 Å². The van der Waals surface area contributed by atoms with Crippen molar-refractivity contribution in [1.29, 1.82) is 0 Å². The molecule has 1 amide bonds. The molecule has 7 heteroatoms. The maximum Gasteiger partial charge on any atom is 0.251 e. The average molecular weight is 381 g/mol. The molecule has 2 heterocycles. The third-order valence-corrected chi connectivity index (χ3v) is 7.31. The van der Waals surface area contributed by atoms with Gasteiger partial charge in [-0.25, -0.2) is 8.42 Å². The molecule has 0 aliphatic carbocycles. The topological polar surface area (TPSA) is 70.9 Å². The van der Waals surface area contributed by atoms with Crippen molar-refractivity contribution in [3.63, 3.8) is 0 Å². The molecule has 3 rings (SSSR count). The zero-order chi connectivity index (χ0) is 18.4. The van der Waals surface area contributed by atoms with Crippen LogP contribution < -0.4 is 10.2 Å². The fourth-order valence-electron chi connectivity index (χ4n) is 3.79. The van der Waals surface area contributed by atoms with Crippen LogP contribution in [0.15, 0.2) is 29.2 Å². The molecule has 1 aromatic rings.